The molecular weight excluding hydrogens is 1200 g/mol. The number of aromatic nitrogens is 8. The zero-order valence-electron chi connectivity index (χ0n) is 52.7. The van der Waals surface area contributed by atoms with E-state index in [-0.39, 0.29) is 0 Å². The van der Waals surface area contributed by atoms with E-state index in [1.165, 1.54) is 11.1 Å². The molecule has 0 amide bonds. The van der Waals surface area contributed by atoms with E-state index in [4.69, 9.17) is 56.2 Å². The molecule has 16 rings (SSSR count). The predicted octanol–water partition coefficient (Wildman–Crippen LogP) is 20.5. The van der Waals surface area contributed by atoms with Crippen LogP contribution in [-0.2, 0) is 12.8 Å². The largest absolute Gasteiger partial charge is 0.569 e. The number of pyridine rings is 4. The zero-order chi connectivity index (χ0) is 65.2. The Labute approximate surface area is 562 Å². The molecule has 1 radical (unpaired) electrons. The molecule has 16 aromatic rings. The number of benzene rings is 10. The Morgan fingerprint density at radius 1 is 0.292 bits per heavy atom. The number of fused-ring (bicyclic) bond motifs is 6. The van der Waals surface area contributed by atoms with Crippen molar-refractivity contribution in [1.82, 2.24) is 39.9 Å². The minimum atomic E-state index is 0.495. The van der Waals surface area contributed by atoms with Gasteiger partial charge < -0.3 is 9.68 Å². The zero-order valence-corrected chi connectivity index (χ0v) is 53.4. The molecular formula is C84H61BClN8O2. The monoisotopic (exact) mass is 1260 g/mol. The fourth-order valence-corrected chi connectivity index (χ4v) is 12.0. The molecule has 0 saturated carbocycles. The summed E-state index contributed by atoms with van der Waals surface area (Å²) in [5, 5.41) is 13.7. The van der Waals surface area contributed by atoms with Crippen LogP contribution in [0.1, 0.15) is 25.0 Å². The molecule has 12 heteroatoms. The SMILES string of the molecule is CCc1cc(-c2ccccc2)nc2c1ccc1ccc(-c3ccc(-c4cc(-c5ccccc5)nc(-c5ccccc5)n4)cc3)nc12.CCc1cc(-c2ccccc2)nc2c1ccc1ccc(Cl)nc12.O[B]Oc1ccc(-c2cc(-c3ccccc3)nc(-c3ccccc3)n2)cc1. The van der Waals surface area contributed by atoms with Crippen LogP contribution in [0.15, 0.2) is 303 Å². The Kier molecular flexibility index (Phi) is 18.3. The Bertz CT molecular complexity index is 5260. The van der Waals surface area contributed by atoms with Crippen molar-refractivity contribution < 1.29 is 9.68 Å². The fraction of sp³-hybridized carbons (Fsp3) is 0.0476. The van der Waals surface area contributed by atoms with E-state index in [2.05, 4.69) is 146 Å². The molecule has 0 spiro atoms. The summed E-state index contributed by atoms with van der Waals surface area (Å²) in [4.78, 5) is 39.2. The molecule has 10 nitrogen and oxygen atoms in total. The molecule has 0 fully saturated rings. The molecule has 1 N–H and O–H groups in total. The maximum absolute atomic E-state index is 8.76. The maximum atomic E-state index is 8.76. The molecule has 0 saturated heterocycles. The van der Waals surface area contributed by atoms with Gasteiger partial charge in [0.05, 0.1) is 61.9 Å². The summed E-state index contributed by atoms with van der Waals surface area (Å²) in [7, 11) is 0.667. The summed E-state index contributed by atoms with van der Waals surface area (Å²) in [6, 6.07) is 102. The Morgan fingerprint density at radius 2 is 0.594 bits per heavy atom. The Morgan fingerprint density at radius 3 is 0.969 bits per heavy atom. The molecule has 0 aliphatic rings. The van der Waals surface area contributed by atoms with Crippen LogP contribution in [0.3, 0.4) is 0 Å². The minimum absolute atomic E-state index is 0.495. The second-order valence-corrected chi connectivity index (χ2v) is 23.3. The van der Waals surface area contributed by atoms with Gasteiger partial charge in [-0.1, -0.05) is 262 Å². The first-order valence-electron chi connectivity index (χ1n) is 31.9. The highest BCUT2D eigenvalue weighted by atomic mass is 35.5. The van der Waals surface area contributed by atoms with Gasteiger partial charge in [-0.3, -0.25) is 0 Å². The Balaban J connectivity index is 0.000000135. The van der Waals surface area contributed by atoms with Gasteiger partial charge in [-0.25, -0.2) is 39.9 Å². The molecule has 0 aliphatic heterocycles. The number of hydrogen-bond donors (Lipinski definition) is 1. The van der Waals surface area contributed by atoms with E-state index in [1.54, 1.807) is 12.1 Å². The first kappa shape index (κ1) is 61.6. The molecule has 10 aromatic carbocycles. The van der Waals surface area contributed by atoms with Crippen molar-refractivity contribution in [1.29, 1.82) is 0 Å². The van der Waals surface area contributed by atoms with Crippen LogP contribution in [0.25, 0.3) is 145 Å². The highest BCUT2D eigenvalue weighted by Gasteiger charge is 2.17. The smallest absolute Gasteiger partial charge is 0.537 e. The van der Waals surface area contributed by atoms with Gasteiger partial charge in [0.25, 0.3) is 0 Å². The van der Waals surface area contributed by atoms with E-state index in [0.29, 0.717) is 30.2 Å². The first-order chi connectivity index (χ1) is 47.3. The number of hydrogen-bond acceptors (Lipinski definition) is 10. The summed E-state index contributed by atoms with van der Waals surface area (Å²) in [5.41, 5.74) is 21.8. The normalized spacial score (nSPS) is 11.0. The average Bonchev–Trinajstić information content (AvgIpc) is 0.781. The van der Waals surface area contributed by atoms with Crippen LogP contribution < -0.4 is 4.65 Å². The van der Waals surface area contributed by atoms with Gasteiger partial charge in [0.15, 0.2) is 11.6 Å². The lowest BCUT2D eigenvalue weighted by atomic mass is 10.00. The highest BCUT2D eigenvalue weighted by molar-refractivity contribution is 6.30. The molecule has 0 aliphatic carbocycles. The molecule has 459 valence electrons. The van der Waals surface area contributed by atoms with Crippen molar-refractivity contribution in [2.24, 2.45) is 0 Å². The molecule has 6 aromatic heterocycles. The molecule has 0 unspecified atom stereocenters. The lowest BCUT2D eigenvalue weighted by Crippen LogP contribution is -1.99. The van der Waals surface area contributed by atoms with E-state index >= 15 is 0 Å². The maximum Gasteiger partial charge on any atom is 0.569 e. The number of rotatable bonds is 13. The second kappa shape index (κ2) is 28.5. The van der Waals surface area contributed by atoms with Crippen LogP contribution in [0.5, 0.6) is 5.75 Å². The molecule has 96 heavy (non-hydrogen) atoms. The summed E-state index contributed by atoms with van der Waals surface area (Å²) in [5.74, 6) is 1.94. The van der Waals surface area contributed by atoms with Crippen LogP contribution in [0, 0.1) is 0 Å². The predicted molar refractivity (Wildman–Crippen MR) is 393 cm³/mol. The average molecular weight is 1260 g/mol. The van der Waals surface area contributed by atoms with Gasteiger partial charge in [0.2, 0.25) is 0 Å². The van der Waals surface area contributed by atoms with Gasteiger partial charge in [-0.2, -0.15) is 0 Å². The van der Waals surface area contributed by atoms with Crippen LogP contribution in [0.4, 0.5) is 0 Å². The lowest BCUT2D eigenvalue weighted by molar-refractivity contribution is 0.454. The molecule has 6 heterocycles. The fourth-order valence-electron chi connectivity index (χ4n) is 11.8. The number of halogens is 1. The number of nitrogens with zero attached hydrogens (tertiary/aromatic N) is 8. The van der Waals surface area contributed by atoms with Gasteiger partial charge in [0, 0.05) is 71.6 Å². The third-order valence-electron chi connectivity index (χ3n) is 16.8. The summed E-state index contributed by atoms with van der Waals surface area (Å²) in [6.45, 7) is 4.36. The van der Waals surface area contributed by atoms with Crippen molar-refractivity contribution >= 4 is 62.9 Å². The van der Waals surface area contributed by atoms with E-state index in [1.807, 2.05) is 164 Å². The lowest BCUT2D eigenvalue weighted by Gasteiger charge is -2.12. The van der Waals surface area contributed by atoms with Crippen LogP contribution in [-0.4, -0.2) is 52.6 Å². The van der Waals surface area contributed by atoms with E-state index in [9.17, 15) is 0 Å². The van der Waals surface area contributed by atoms with E-state index in [0.717, 1.165) is 146 Å². The van der Waals surface area contributed by atoms with Crippen molar-refractivity contribution in [2.45, 2.75) is 26.7 Å². The number of aryl methyl sites for hydroxylation is 2. The standard InChI is InChI=1S/C42H30N4.C22H16BN2O2.C20H15ClN2/c1-2-28-26-37(29-12-6-3-7-13-29)44-41-35(28)24-22-33-23-25-36(43-40(33)41)31-18-20-32(21-19-31)39-27-38(30-14-8-4-9-15-30)45-42(46-39)34-16-10-5-11-17-34;26-23-27-19-13-11-17(12-14-19)21-15-20(16-7-3-1-4-8-16)24-22(25-21)18-9-5-2-6-10-18;1-2-13-12-17(14-6-4-3-5-7-14)22-20-16(13)10-8-15-9-11-18(21)23-19(15)20/h3-27H,2H2,1H3;1-15,26H;3-12H,2H2,1H3. The van der Waals surface area contributed by atoms with Gasteiger partial charge in [-0.15, -0.1) is 0 Å². The minimum Gasteiger partial charge on any atom is -0.537 e. The summed E-state index contributed by atoms with van der Waals surface area (Å²) in [6.07, 6.45) is 1.87. The summed E-state index contributed by atoms with van der Waals surface area (Å²) < 4.78 is 4.98. The second-order valence-electron chi connectivity index (χ2n) is 22.9. The first-order valence-corrected chi connectivity index (χ1v) is 32.3. The third-order valence-corrected chi connectivity index (χ3v) is 17.0. The van der Waals surface area contributed by atoms with Crippen molar-refractivity contribution in [3.63, 3.8) is 0 Å². The van der Waals surface area contributed by atoms with Crippen molar-refractivity contribution in [3.8, 4) is 107 Å². The van der Waals surface area contributed by atoms with Crippen LogP contribution >= 0.6 is 11.6 Å². The van der Waals surface area contributed by atoms with Gasteiger partial charge in [0.1, 0.15) is 10.9 Å². The van der Waals surface area contributed by atoms with Crippen molar-refractivity contribution in [3.05, 3.63) is 320 Å². The molecule has 0 bridgehead atoms. The third kappa shape index (κ3) is 13.6. The molecule has 0 atom stereocenters. The summed E-state index contributed by atoms with van der Waals surface area (Å²) >= 11 is 6.11. The van der Waals surface area contributed by atoms with E-state index < -0.39 is 0 Å². The quantitative estimate of drug-likeness (QED) is 0.0676. The highest BCUT2D eigenvalue weighted by Crippen LogP contribution is 2.36. The Hall–Kier alpha value is -11.9. The van der Waals surface area contributed by atoms with Crippen LogP contribution in [0.2, 0.25) is 5.15 Å². The van der Waals surface area contributed by atoms with Gasteiger partial charge >= 0.3 is 7.69 Å². The topological polar surface area (TPSA) is 133 Å². The van der Waals surface area contributed by atoms with Crippen molar-refractivity contribution in [2.75, 3.05) is 0 Å². The van der Waals surface area contributed by atoms with Gasteiger partial charge in [-0.05, 0) is 90.7 Å².